The summed E-state index contributed by atoms with van der Waals surface area (Å²) in [5.41, 5.74) is 8.04. The molecule has 0 aliphatic carbocycles. The molecule has 0 spiro atoms. The number of aryl methyl sites for hydroxylation is 4. The largest absolute Gasteiger partial charge is 0.298 e. The molecule has 0 atom stereocenters. The predicted molar refractivity (Wildman–Crippen MR) is 672 cm³/mol. The number of benzene rings is 1. The van der Waals surface area contributed by atoms with Crippen molar-refractivity contribution in [3.63, 3.8) is 0 Å². The molecule has 12 heterocycles. The number of thiazole rings is 2. The zero-order valence-corrected chi connectivity index (χ0v) is 103. The van der Waals surface area contributed by atoms with Crippen molar-refractivity contribution in [2.75, 3.05) is 23.0 Å². The summed E-state index contributed by atoms with van der Waals surface area (Å²) in [5, 5.41) is 43.0. The van der Waals surface area contributed by atoms with Crippen LogP contribution in [0.15, 0.2) is 101 Å². The fourth-order valence-electron chi connectivity index (χ4n) is 19.8. The summed E-state index contributed by atoms with van der Waals surface area (Å²) >= 11 is 30.9. The van der Waals surface area contributed by atoms with E-state index in [1.54, 1.807) is 31.8 Å². The predicted octanol–water partition coefficient (Wildman–Crippen LogP) is 41.9. The molecule has 13 rings (SSSR count). The van der Waals surface area contributed by atoms with Crippen LogP contribution in [0, 0.1) is 45.3 Å². The van der Waals surface area contributed by atoms with Crippen LogP contribution in [0.4, 0.5) is 0 Å². The quantitative estimate of drug-likeness (QED) is 0.0267. The molecule has 0 unspecified atom stereocenters. The number of thiophene rings is 10. The van der Waals surface area contributed by atoms with Gasteiger partial charge in [0.05, 0.1) is 17.5 Å². The Labute approximate surface area is 951 Å². The van der Waals surface area contributed by atoms with Gasteiger partial charge < -0.3 is 0 Å². The van der Waals surface area contributed by atoms with Gasteiger partial charge >= 0.3 is 0 Å². The van der Waals surface area contributed by atoms with Gasteiger partial charge in [0.1, 0.15) is 33.6 Å². The lowest BCUT2D eigenvalue weighted by atomic mass is 9.99. The van der Waals surface area contributed by atoms with Crippen LogP contribution in [-0.4, -0.2) is 32.1 Å². The Morgan fingerprint density at radius 3 is 0.824 bits per heavy atom. The highest BCUT2D eigenvalue weighted by molar-refractivity contribution is 8.04. The first-order chi connectivity index (χ1) is 72.7. The smallest absolute Gasteiger partial charge is 0.269 e. The minimum Gasteiger partial charge on any atom is -0.298 e. The third-order valence-electron chi connectivity index (χ3n) is 28.2. The van der Waals surface area contributed by atoms with Crippen LogP contribution >= 0.6 is 183 Å². The minimum absolute atomic E-state index is 0.0231. The van der Waals surface area contributed by atoms with E-state index in [1.165, 1.54) is 445 Å². The molecule has 24 heteroatoms. The van der Waals surface area contributed by atoms with Gasteiger partial charge in [-0.05, 0) is 221 Å². The highest BCUT2D eigenvalue weighted by Crippen LogP contribution is 2.60. The number of aromatic nitrogens is 2. The van der Waals surface area contributed by atoms with Crippen LogP contribution < -0.4 is 29.5 Å². The molecular weight excluding hydrogens is 2120 g/mol. The number of nitrogens with zero attached hydrogens (tertiary/aromatic N) is 6. The molecule has 0 aliphatic heterocycles. The molecule has 13 aromatic rings. The average Bonchev–Trinajstić information content (AvgIpc) is 1.55. The summed E-state index contributed by atoms with van der Waals surface area (Å²) in [6.07, 6.45) is 68.2. The molecule has 0 saturated carbocycles. The monoisotopic (exact) mass is 2280 g/mol. The molecule has 0 fully saturated rings. The number of fused-ring (bicyclic) bond motifs is 2. The molecule has 0 N–H and O–H groups in total. The number of nitriles is 4. The first kappa shape index (κ1) is 119. The van der Waals surface area contributed by atoms with Crippen molar-refractivity contribution in [1.29, 1.82) is 21.0 Å². The SMILES string of the molecule is CCCCCCCCSc1cc(-c2c3cc(-c4cc(CCCCCCCC)c(-c5ccc(-c6sc(/C=c7\sc(=C(C#N)C#N)n(CC)c7=O)cc6CCCCCCCC)s5)s4)sc3c(-c3cc(SCCCCCCCC)c(SCCCCCCCC)s3)c3cc(-c4cc(CCCCCCCC)c(-c5ccc(-c6sc(/C=c7\sc(=C(C#N)C#N)n(CC)c7=O)cc6CCCCCCCC)s5)s4)sc23)sc1SCCCCCCCC. The molecule has 1 aromatic carbocycles. The van der Waals surface area contributed by atoms with Gasteiger partial charge in [-0.1, -0.05) is 312 Å². The average molecular weight is 2280 g/mol. The van der Waals surface area contributed by atoms with E-state index in [1.807, 2.05) is 71.3 Å². The first-order valence-corrected chi connectivity index (χ1v) is 70.5. The van der Waals surface area contributed by atoms with Gasteiger partial charge in [-0.2, -0.15) is 21.0 Å². The lowest BCUT2D eigenvalue weighted by Gasteiger charge is -2.09. The Bertz CT molecular complexity index is 6320. The number of rotatable bonds is 72. The Morgan fingerprint density at radius 1 is 0.270 bits per heavy atom. The Kier molecular flexibility index (Phi) is 52.8. The topological polar surface area (TPSA) is 139 Å². The number of unbranched alkanes of at least 4 members (excludes halogenated alkanes) is 40. The Hall–Kier alpha value is -5.56. The maximum Gasteiger partial charge on any atom is 0.269 e. The van der Waals surface area contributed by atoms with Gasteiger partial charge in [0.25, 0.3) is 11.1 Å². The van der Waals surface area contributed by atoms with Gasteiger partial charge in [-0.15, -0.1) is 183 Å². The highest BCUT2D eigenvalue weighted by atomic mass is 32.2. The third-order valence-corrected chi connectivity index (χ3v) is 48.5. The second-order valence-corrected chi connectivity index (χ2v) is 57.6. The van der Waals surface area contributed by atoms with Crippen LogP contribution in [0.2, 0.25) is 0 Å². The summed E-state index contributed by atoms with van der Waals surface area (Å²) < 4.78 is 10.9. The normalized spacial score (nSPS) is 12.0. The fraction of sp³-hybridized carbons (Fsp3) is 0.548. The maximum absolute atomic E-state index is 14.2. The van der Waals surface area contributed by atoms with Crippen molar-refractivity contribution < 1.29 is 0 Å². The number of thioether (sulfide) groups is 4. The van der Waals surface area contributed by atoms with E-state index >= 15 is 0 Å². The van der Waals surface area contributed by atoms with Gasteiger partial charge in [0.15, 0.2) is 11.1 Å². The van der Waals surface area contributed by atoms with Crippen LogP contribution in [0.5, 0.6) is 0 Å². The highest BCUT2D eigenvalue weighted by Gasteiger charge is 2.31. The Balaban J connectivity index is 1.03. The molecule has 8 nitrogen and oxygen atoms in total. The molecule has 148 heavy (non-hydrogen) atoms. The van der Waals surface area contributed by atoms with Gasteiger partial charge in [-0.3, -0.25) is 18.7 Å². The molecule has 0 saturated heterocycles. The van der Waals surface area contributed by atoms with Crippen molar-refractivity contribution in [1.82, 2.24) is 9.13 Å². The molecule has 0 bridgehead atoms. The van der Waals surface area contributed by atoms with Crippen LogP contribution in [0.25, 0.3) is 123 Å². The van der Waals surface area contributed by atoms with E-state index in [0.717, 1.165) is 84.1 Å². The molecule has 0 aliphatic rings. The molecule has 0 radical (unpaired) electrons. The number of hydrogen-bond acceptors (Lipinski definition) is 22. The first-order valence-electron chi connectivity index (χ1n) is 56.8. The molecule has 12 aromatic heterocycles. The Morgan fingerprint density at radius 2 is 0.534 bits per heavy atom. The molecular formula is C124H160N6O2S16. The lowest BCUT2D eigenvalue weighted by molar-refractivity contribution is 0.608. The molecule has 0 amide bonds. The van der Waals surface area contributed by atoms with Crippen LogP contribution in [-0.2, 0) is 38.8 Å². The number of hydrogen-bond donors (Lipinski definition) is 0. The maximum atomic E-state index is 14.2. The van der Waals surface area contributed by atoms with Gasteiger partial charge in [0.2, 0.25) is 0 Å². The third kappa shape index (κ3) is 33.8. The van der Waals surface area contributed by atoms with Crippen molar-refractivity contribution in [2.45, 2.75) is 434 Å². The zero-order chi connectivity index (χ0) is 104. The summed E-state index contributed by atoms with van der Waals surface area (Å²) in [6.45, 7) is 23.2. The summed E-state index contributed by atoms with van der Waals surface area (Å²) in [7, 11) is 0. The second kappa shape index (κ2) is 65.5. The van der Waals surface area contributed by atoms with E-state index in [2.05, 4.69) is 245 Å². The summed E-state index contributed by atoms with van der Waals surface area (Å²) in [4.78, 5) is 52.2. The minimum atomic E-state index is -0.153. The van der Waals surface area contributed by atoms with Crippen LogP contribution in [0.3, 0.4) is 0 Å². The summed E-state index contributed by atoms with van der Waals surface area (Å²) in [5.74, 6) is 4.52. The van der Waals surface area contributed by atoms with Crippen LogP contribution in [0.1, 0.15) is 409 Å². The zero-order valence-electron chi connectivity index (χ0n) is 90.1. The lowest BCUT2D eigenvalue weighted by Crippen LogP contribution is -2.31. The van der Waals surface area contributed by atoms with Crippen molar-refractivity contribution in [3.8, 4) is 104 Å². The molecule has 794 valence electrons. The van der Waals surface area contributed by atoms with E-state index in [9.17, 15) is 30.6 Å². The van der Waals surface area contributed by atoms with E-state index < -0.39 is 0 Å². The van der Waals surface area contributed by atoms with Gasteiger partial charge in [-0.25, -0.2) is 0 Å². The van der Waals surface area contributed by atoms with E-state index in [-0.39, 0.29) is 22.3 Å². The van der Waals surface area contributed by atoms with E-state index in [4.69, 9.17) is 0 Å². The second-order valence-electron chi connectivity index (χ2n) is 39.9. The van der Waals surface area contributed by atoms with Crippen molar-refractivity contribution >= 4 is 227 Å². The van der Waals surface area contributed by atoms with Crippen molar-refractivity contribution in [3.05, 3.63) is 144 Å². The standard InChI is InChI=1S/C124H160N6O2S16/c1-11-21-29-37-45-53-61-87-73-93(77-107-119(131)129(19-9)121(145-107)91(83-125)84-126)137-113(87)97-65-67-99(139-97)115-89(63-55-47-39-31-23-13-3)75-101(141-115)103-79-95-111(105-81-109(133-69-57-49-41-33-25-15-5)123(147-105)135-71-59-51-43-35-27-17-7)118-96(112(117(95)143-103)106-82-110(134-70-58-50-42-34-26-16-6)124(148-106)136-72-60-52-44-36-28-18-8)80-104(144-118)102-76-90(64-56-48-40-32-24-14-4)116(142-102)100-68-66-98(140-100)114-88(62-54-46-38-30-22-12-2)74-94(138-114)78-108-120(132)130(20-10)122(146-108)92(85-127)86-128/h65-68,73-82H,11-64,69-72H2,1-10H3/b107-77-,108-78-. The van der Waals surface area contributed by atoms with Gasteiger partial charge in [0, 0.05) is 132 Å². The fourth-order valence-corrected chi connectivity index (χ4v) is 40.2. The van der Waals surface area contributed by atoms with Crippen molar-refractivity contribution in [2.24, 2.45) is 0 Å². The summed E-state index contributed by atoms with van der Waals surface area (Å²) in [6, 6.07) is 38.7. The van der Waals surface area contributed by atoms with E-state index in [0.29, 0.717) is 31.5 Å².